The highest BCUT2D eigenvalue weighted by atomic mass is 19.2. The lowest BCUT2D eigenvalue weighted by atomic mass is 10.1. The van der Waals surface area contributed by atoms with Crippen LogP contribution >= 0.6 is 0 Å². The third-order valence-corrected chi connectivity index (χ3v) is 3.03. The van der Waals surface area contributed by atoms with Crippen LogP contribution in [0.3, 0.4) is 0 Å². The van der Waals surface area contributed by atoms with Crippen molar-refractivity contribution in [1.29, 1.82) is 0 Å². The van der Waals surface area contributed by atoms with Gasteiger partial charge in [-0.3, -0.25) is 4.79 Å². The van der Waals surface area contributed by atoms with E-state index in [2.05, 4.69) is 10.1 Å². The third kappa shape index (κ3) is 4.21. The molecule has 3 nitrogen and oxygen atoms in total. The molecule has 122 valence electrons. The van der Waals surface area contributed by atoms with Gasteiger partial charge < -0.3 is 10.1 Å². The first kappa shape index (κ1) is 16.8. The molecule has 7 heteroatoms. The lowest BCUT2D eigenvalue weighted by molar-refractivity contribution is -0.123. The zero-order valence-electron chi connectivity index (χ0n) is 12.1. The minimum absolute atomic E-state index is 0.0645. The van der Waals surface area contributed by atoms with E-state index in [9.17, 15) is 22.4 Å². The number of carbonyl (C=O) groups is 1. The molecule has 1 N–H and O–H groups in total. The Bertz CT molecular complexity index is 691. The maximum Gasteiger partial charge on any atom is 0.258 e. The Balaban J connectivity index is 1.93. The Morgan fingerprint density at radius 3 is 2.17 bits per heavy atom. The van der Waals surface area contributed by atoms with Gasteiger partial charge in [0.15, 0.2) is 24.0 Å². The highest BCUT2D eigenvalue weighted by molar-refractivity contribution is 5.77. The predicted molar refractivity (Wildman–Crippen MR) is 74.8 cm³/mol. The molecule has 0 unspecified atom stereocenters. The lowest BCUT2D eigenvalue weighted by Crippen LogP contribution is -2.28. The van der Waals surface area contributed by atoms with E-state index in [0.29, 0.717) is 0 Å². The molecule has 2 aromatic carbocycles. The van der Waals surface area contributed by atoms with Crippen LogP contribution < -0.4 is 10.1 Å². The number of aryl methyl sites for hydroxylation is 1. The molecule has 0 atom stereocenters. The van der Waals surface area contributed by atoms with E-state index in [4.69, 9.17) is 0 Å². The molecule has 0 saturated carbocycles. The molecule has 0 aliphatic rings. The van der Waals surface area contributed by atoms with Gasteiger partial charge in [-0.2, -0.15) is 8.78 Å². The molecule has 0 fully saturated rings. The van der Waals surface area contributed by atoms with Crippen molar-refractivity contribution < 1.29 is 27.1 Å². The molecule has 0 aliphatic heterocycles. The molecule has 0 bridgehead atoms. The van der Waals surface area contributed by atoms with Crippen LogP contribution in [-0.4, -0.2) is 12.5 Å². The van der Waals surface area contributed by atoms with E-state index < -0.39 is 41.5 Å². The van der Waals surface area contributed by atoms with Gasteiger partial charge in [0.1, 0.15) is 0 Å². The van der Waals surface area contributed by atoms with Gasteiger partial charge in [-0.1, -0.05) is 29.8 Å². The zero-order valence-corrected chi connectivity index (χ0v) is 12.1. The number of hydrogen-bond donors (Lipinski definition) is 1. The summed E-state index contributed by atoms with van der Waals surface area (Å²) >= 11 is 0. The van der Waals surface area contributed by atoms with Gasteiger partial charge in [0.05, 0.1) is 0 Å². The van der Waals surface area contributed by atoms with Gasteiger partial charge in [0.25, 0.3) is 5.91 Å². The Kier molecular flexibility index (Phi) is 5.20. The molecule has 0 radical (unpaired) electrons. The minimum atomic E-state index is -1.68. The molecule has 1 amide bonds. The Morgan fingerprint density at radius 2 is 1.61 bits per heavy atom. The lowest BCUT2D eigenvalue weighted by Gasteiger charge is -2.10. The summed E-state index contributed by atoms with van der Waals surface area (Å²) in [5, 5.41) is 2.46. The van der Waals surface area contributed by atoms with E-state index in [1.807, 2.05) is 19.1 Å². The van der Waals surface area contributed by atoms with Crippen LogP contribution in [0.25, 0.3) is 0 Å². The minimum Gasteiger partial charge on any atom is -0.477 e. The summed E-state index contributed by atoms with van der Waals surface area (Å²) in [4.78, 5) is 11.6. The SMILES string of the molecule is Cc1ccc(CNC(=O)COc2c(F)c(F)cc(F)c2F)cc1. The number of rotatable bonds is 5. The fourth-order valence-electron chi connectivity index (χ4n) is 1.77. The highest BCUT2D eigenvalue weighted by Crippen LogP contribution is 2.26. The summed E-state index contributed by atoms with van der Waals surface area (Å²) < 4.78 is 57.2. The van der Waals surface area contributed by atoms with Crippen LogP contribution in [0, 0.1) is 30.2 Å². The quantitative estimate of drug-likeness (QED) is 0.676. The van der Waals surface area contributed by atoms with E-state index in [-0.39, 0.29) is 12.6 Å². The van der Waals surface area contributed by atoms with Gasteiger partial charge in [-0.15, -0.1) is 0 Å². The van der Waals surface area contributed by atoms with E-state index in [1.54, 1.807) is 12.1 Å². The summed E-state index contributed by atoms with van der Waals surface area (Å²) in [6, 6.07) is 7.39. The maximum absolute atomic E-state index is 13.3. The first-order chi connectivity index (χ1) is 10.9. The molecule has 2 aromatic rings. The number of ether oxygens (including phenoxy) is 1. The Morgan fingerprint density at radius 1 is 1.04 bits per heavy atom. The van der Waals surface area contributed by atoms with Crippen molar-refractivity contribution in [2.45, 2.75) is 13.5 Å². The molecule has 0 saturated heterocycles. The van der Waals surface area contributed by atoms with Crippen molar-refractivity contribution in [1.82, 2.24) is 5.32 Å². The topological polar surface area (TPSA) is 38.3 Å². The maximum atomic E-state index is 13.3. The first-order valence-corrected chi connectivity index (χ1v) is 6.66. The number of nitrogens with one attached hydrogen (secondary N) is 1. The van der Waals surface area contributed by atoms with Crippen molar-refractivity contribution >= 4 is 5.91 Å². The summed E-state index contributed by atoms with van der Waals surface area (Å²) in [5.74, 6) is -8.51. The Hall–Kier alpha value is -2.57. The average molecular weight is 327 g/mol. The van der Waals surface area contributed by atoms with Crippen molar-refractivity contribution in [3.8, 4) is 5.75 Å². The molecular weight excluding hydrogens is 314 g/mol. The zero-order chi connectivity index (χ0) is 17.0. The number of benzene rings is 2. The second kappa shape index (κ2) is 7.13. The largest absolute Gasteiger partial charge is 0.477 e. The fourth-order valence-corrected chi connectivity index (χ4v) is 1.77. The normalized spacial score (nSPS) is 10.5. The predicted octanol–water partition coefficient (Wildman–Crippen LogP) is 3.25. The standard InChI is InChI=1S/C16H13F4NO2/c1-9-2-4-10(5-3-9)7-21-13(22)8-23-16-14(19)11(17)6-12(18)15(16)20/h2-6H,7-8H2,1H3,(H,21,22). The number of carbonyl (C=O) groups excluding carboxylic acids is 1. The van der Waals surface area contributed by atoms with Crippen molar-refractivity contribution in [2.24, 2.45) is 0 Å². The summed E-state index contributed by atoms with van der Waals surface area (Å²) in [7, 11) is 0. The van der Waals surface area contributed by atoms with Gasteiger partial charge in [0.2, 0.25) is 11.6 Å². The van der Waals surface area contributed by atoms with Crippen LogP contribution in [0.5, 0.6) is 5.75 Å². The first-order valence-electron chi connectivity index (χ1n) is 6.66. The smallest absolute Gasteiger partial charge is 0.258 e. The second-order valence-electron chi connectivity index (χ2n) is 4.85. The second-order valence-corrected chi connectivity index (χ2v) is 4.85. The molecule has 2 rings (SSSR count). The van der Waals surface area contributed by atoms with Gasteiger partial charge in [-0.25, -0.2) is 8.78 Å². The van der Waals surface area contributed by atoms with Gasteiger partial charge >= 0.3 is 0 Å². The molecule has 23 heavy (non-hydrogen) atoms. The third-order valence-electron chi connectivity index (χ3n) is 3.03. The van der Waals surface area contributed by atoms with Gasteiger partial charge in [-0.05, 0) is 12.5 Å². The number of halogens is 4. The molecule has 0 spiro atoms. The molecule has 0 heterocycles. The number of amides is 1. The highest BCUT2D eigenvalue weighted by Gasteiger charge is 2.21. The monoisotopic (exact) mass is 327 g/mol. The van der Waals surface area contributed by atoms with Crippen molar-refractivity contribution in [3.63, 3.8) is 0 Å². The average Bonchev–Trinajstić information content (AvgIpc) is 2.52. The molecule has 0 aromatic heterocycles. The van der Waals surface area contributed by atoms with Crippen molar-refractivity contribution in [3.05, 3.63) is 64.7 Å². The van der Waals surface area contributed by atoms with Gasteiger partial charge in [0, 0.05) is 12.6 Å². The van der Waals surface area contributed by atoms with Crippen LogP contribution in [0.2, 0.25) is 0 Å². The van der Waals surface area contributed by atoms with Crippen LogP contribution in [0.1, 0.15) is 11.1 Å². The van der Waals surface area contributed by atoms with Crippen LogP contribution in [-0.2, 0) is 11.3 Å². The summed E-state index contributed by atoms with van der Waals surface area (Å²) in [5.41, 5.74) is 1.88. The fraction of sp³-hybridized carbons (Fsp3) is 0.188. The Labute approximate surface area is 129 Å². The van der Waals surface area contributed by atoms with Crippen molar-refractivity contribution in [2.75, 3.05) is 6.61 Å². The molecular formula is C16H13F4NO2. The van der Waals surface area contributed by atoms with E-state index >= 15 is 0 Å². The van der Waals surface area contributed by atoms with Crippen LogP contribution in [0.15, 0.2) is 30.3 Å². The molecule has 0 aliphatic carbocycles. The van der Waals surface area contributed by atoms with E-state index in [0.717, 1.165) is 11.1 Å². The van der Waals surface area contributed by atoms with Crippen LogP contribution in [0.4, 0.5) is 17.6 Å². The number of hydrogen-bond acceptors (Lipinski definition) is 2. The summed E-state index contributed by atoms with van der Waals surface area (Å²) in [6.07, 6.45) is 0. The summed E-state index contributed by atoms with van der Waals surface area (Å²) in [6.45, 7) is 1.32. The van der Waals surface area contributed by atoms with E-state index in [1.165, 1.54) is 0 Å².